The molecule has 0 spiro atoms. The first-order chi connectivity index (χ1) is 22.5. The average molecular weight is 661 g/mol. The smallest absolute Gasteiger partial charge is 0.432 e. The van der Waals surface area contributed by atoms with Gasteiger partial charge in [0, 0.05) is 12.5 Å². The number of ether oxygens (including phenoxy) is 2. The highest BCUT2D eigenvalue weighted by atomic mass is 19.4. The summed E-state index contributed by atoms with van der Waals surface area (Å²) in [6.45, 7) is -0.886. The topological polar surface area (TPSA) is 196 Å². The van der Waals surface area contributed by atoms with Gasteiger partial charge in [0.25, 0.3) is 0 Å². The number of benzene rings is 2. The number of aromatic nitrogens is 4. The molecule has 2 saturated heterocycles. The maximum Gasteiger partial charge on any atom is 0.491 e. The maximum absolute atomic E-state index is 13.1. The Morgan fingerprint density at radius 3 is 2.19 bits per heavy atom. The number of carbonyl (C=O) groups is 1. The minimum Gasteiger partial charge on any atom is -0.432 e. The lowest BCUT2D eigenvalue weighted by atomic mass is 9.91. The van der Waals surface area contributed by atoms with Gasteiger partial charge in [-0.05, 0) is 11.1 Å². The van der Waals surface area contributed by atoms with E-state index in [0.717, 1.165) is 16.0 Å². The maximum atomic E-state index is 13.1. The highest BCUT2D eigenvalue weighted by Gasteiger charge is 2.50. The van der Waals surface area contributed by atoms with E-state index in [1.165, 1.54) is 10.9 Å². The number of alkyl halides is 3. The molecule has 6 N–H and O–H groups in total. The van der Waals surface area contributed by atoms with Crippen LogP contribution in [0, 0.1) is 0 Å². The van der Waals surface area contributed by atoms with Crippen LogP contribution >= 0.6 is 0 Å². The summed E-state index contributed by atoms with van der Waals surface area (Å²) in [7, 11) is 0. The molecule has 2 aliphatic heterocycles. The summed E-state index contributed by atoms with van der Waals surface area (Å²) in [5.41, 5.74) is 2.02. The third-order valence-corrected chi connectivity index (χ3v) is 8.17. The van der Waals surface area contributed by atoms with E-state index >= 15 is 0 Å². The molecular formula is C30H31F3N6O8. The number of imidazole rings is 1. The molecule has 0 radical (unpaired) electrons. The monoisotopic (exact) mass is 660 g/mol. The molecule has 2 aromatic carbocycles. The van der Waals surface area contributed by atoms with E-state index in [-0.39, 0.29) is 35.4 Å². The summed E-state index contributed by atoms with van der Waals surface area (Å²) in [4.78, 5) is 25.9. The molecule has 0 bridgehead atoms. The van der Waals surface area contributed by atoms with Gasteiger partial charge in [-0.1, -0.05) is 60.7 Å². The van der Waals surface area contributed by atoms with Crippen LogP contribution in [0.2, 0.25) is 0 Å². The number of aliphatic hydroxyl groups is 5. The summed E-state index contributed by atoms with van der Waals surface area (Å²) < 4.78 is 50.9. The zero-order valence-corrected chi connectivity index (χ0v) is 24.4. The summed E-state index contributed by atoms with van der Waals surface area (Å²) >= 11 is 0. The van der Waals surface area contributed by atoms with Gasteiger partial charge in [-0.3, -0.25) is 9.47 Å². The second-order valence-corrected chi connectivity index (χ2v) is 11.2. The quantitative estimate of drug-likeness (QED) is 0.137. The van der Waals surface area contributed by atoms with E-state index in [1.807, 2.05) is 60.7 Å². The number of hydrogen-bond acceptors (Lipinski definition) is 13. The van der Waals surface area contributed by atoms with Crippen LogP contribution in [0.3, 0.4) is 0 Å². The molecule has 14 nitrogen and oxygen atoms in total. The van der Waals surface area contributed by atoms with Gasteiger partial charge in [0.05, 0.1) is 19.5 Å². The molecule has 7 atom stereocenters. The molecule has 2 aromatic heterocycles. The van der Waals surface area contributed by atoms with E-state index < -0.39 is 68.3 Å². The number of rotatable bonds is 9. The molecule has 6 rings (SSSR count). The summed E-state index contributed by atoms with van der Waals surface area (Å²) in [5.74, 6) is -3.10. The molecule has 1 unspecified atom stereocenters. The molecule has 2 fully saturated rings. The molecule has 250 valence electrons. The number of nitrogens with one attached hydrogen (secondary N) is 1. The van der Waals surface area contributed by atoms with E-state index in [2.05, 4.69) is 25.0 Å². The highest BCUT2D eigenvalue weighted by Crippen LogP contribution is 2.35. The Bertz CT molecular complexity index is 1660. The van der Waals surface area contributed by atoms with Crippen molar-refractivity contribution in [1.82, 2.24) is 19.5 Å². The predicted octanol–water partition coefficient (Wildman–Crippen LogP) is 0.655. The molecule has 0 aliphatic carbocycles. The van der Waals surface area contributed by atoms with E-state index in [9.17, 15) is 43.5 Å². The van der Waals surface area contributed by atoms with Gasteiger partial charge in [0.2, 0.25) is 12.2 Å². The van der Waals surface area contributed by atoms with Crippen molar-refractivity contribution in [2.24, 2.45) is 0 Å². The molecule has 4 heterocycles. The first kappa shape index (κ1) is 32.5. The number of nitrogens with zero attached hydrogens (tertiary/aromatic N) is 5. The molecule has 4 aromatic rings. The molecule has 0 saturated carbocycles. The Labute approximate surface area is 264 Å². The second kappa shape index (κ2) is 13.0. The third-order valence-electron chi connectivity index (χ3n) is 8.17. The van der Waals surface area contributed by atoms with Crippen LogP contribution in [0.15, 0.2) is 67.0 Å². The van der Waals surface area contributed by atoms with Crippen LogP contribution in [-0.4, -0.2) is 114 Å². The van der Waals surface area contributed by atoms with Crippen molar-refractivity contribution in [3.05, 3.63) is 78.1 Å². The fourth-order valence-corrected chi connectivity index (χ4v) is 5.74. The number of fused-ring (bicyclic) bond motifs is 1. The number of aliphatic hydroxyl groups excluding tert-OH is 5. The Morgan fingerprint density at radius 2 is 1.62 bits per heavy atom. The normalized spacial score (nSPS) is 26.3. The average Bonchev–Trinajstić information content (AvgIpc) is 3.71. The summed E-state index contributed by atoms with van der Waals surface area (Å²) in [5, 5.41) is 54.8. The van der Waals surface area contributed by atoms with Gasteiger partial charge in [0.15, 0.2) is 23.2 Å². The third kappa shape index (κ3) is 6.32. The molecule has 2 aliphatic rings. The van der Waals surface area contributed by atoms with Gasteiger partial charge in [-0.2, -0.15) is 23.1 Å². The van der Waals surface area contributed by atoms with E-state index in [1.54, 1.807) is 0 Å². The second-order valence-electron chi connectivity index (χ2n) is 11.2. The van der Waals surface area contributed by atoms with Crippen LogP contribution in [0.4, 0.5) is 24.9 Å². The number of β-amino-alcohol motifs (C(OH)–C–C–N with tert-alkyl or cyclic N) is 1. The van der Waals surface area contributed by atoms with Crippen molar-refractivity contribution in [3.8, 4) is 0 Å². The predicted molar refractivity (Wildman–Crippen MR) is 157 cm³/mol. The zero-order valence-electron chi connectivity index (χ0n) is 24.4. The number of hydrogen-bond donors (Lipinski definition) is 6. The van der Waals surface area contributed by atoms with Crippen molar-refractivity contribution >= 4 is 28.9 Å². The van der Waals surface area contributed by atoms with Crippen LogP contribution in [0.1, 0.15) is 23.3 Å². The van der Waals surface area contributed by atoms with Gasteiger partial charge in [-0.25, -0.2) is 9.78 Å². The van der Waals surface area contributed by atoms with Crippen LogP contribution in [0.5, 0.6) is 0 Å². The summed E-state index contributed by atoms with van der Waals surface area (Å²) in [6, 6.07) is 19.1. The first-order valence-corrected chi connectivity index (χ1v) is 14.6. The van der Waals surface area contributed by atoms with E-state index in [4.69, 9.17) is 4.74 Å². The summed E-state index contributed by atoms with van der Waals surface area (Å²) in [6.07, 6.45) is -15.2. The minimum absolute atomic E-state index is 0.0277. The van der Waals surface area contributed by atoms with Crippen molar-refractivity contribution < 1.29 is 53.0 Å². The Kier molecular flexibility index (Phi) is 9.01. The highest BCUT2D eigenvalue weighted by molar-refractivity contribution is 5.85. The van der Waals surface area contributed by atoms with Gasteiger partial charge in [0.1, 0.15) is 30.5 Å². The standard InChI is InChI=1S/C30H31F3N6O8/c31-30(32,33)28(45)47-26-21(42)18(41)12-38(26)29-36-24(34-11-17(15-7-3-1-4-8-15)16-9-5-2-6-10-16)20-25(37-29)39(14-35-20)27-23(44)22(43)19(13-40)46-27/h1-10,14,17-19,21-23,26-27,40-44H,11-13H2,(H,34,36,37)/t18-,19-,21-,22-,23-,26?,27-/m1/s1. The van der Waals surface area contributed by atoms with Crippen LogP contribution < -0.4 is 10.2 Å². The minimum atomic E-state index is -5.39. The molecule has 47 heavy (non-hydrogen) atoms. The van der Waals surface area contributed by atoms with Crippen LogP contribution in [-0.2, 0) is 14.3 Å². The van der Waals surface area contributed by atoms with Crippen molar-refractivity contribution in [1.29, 1.82) is 0 Å². The fraction of sp³-hybridized carbons (Fsp3) is 0.400. The first-order valence-electron chi connectivity index (χ1n) is 14.6. The fourth-order valence-electron chi connectivity index (χ4n) is 5.74. The number of halogens is 3. The Balaban J connectivity index is 1.43. The number of esters is 1. The van der Waals surface area contributed by atoms with Gasteiger partial charge in [-0.15, -0.1) is 0 Å². The molecule has 0 amide bonds. The lowest BCUT2D eigenvalue weighted by Gasteiger charge is -2.26. The largest absolute Gasteiger partial charge is 0.491 e. The SMILES string of the molecule is O=C(OC1[C@H](O)[C@H](O)CN1c1nc(NCC(c2ccccc2)c2ccccc2)c2ncn([C@@H]3O[C@H](CO)[C@@H](O)[C@H]3O)c2n1)C(F)(F)F. The number of carbonyl (C=O) groups excluding carboxylic acids is 1. The zero-order chi connectivity index (χ0) is 33.5. The van der Waals surface area contributed by atoms with Gasteiger partial charge < -0.3 is 40.3 Å². The molecule has 17 heteroatoms. The Morgan fingerprint density at radius 1 is 0.979 bits per heavy atom. The number of anilines is 2. The molecular weight excluding hydrogens is 629 g/mol. The van der Waals surface area contributed by atoms with Gasteiger partial charge >= 0.3 is 12.1 Å². The lowest BCUT2D eigenvalue weighted by Crippen LogP contribution is -2.43. The van der Waals surface area contributed by atoms with E-state index in [0.29, 0.717) is 0 Å². The van der Waals surface area contributed by atoms with Crippen molar-refractivity contribution in [2.45, 2.75) is 55.1 Å². The van der Waals surface area contributed by atoms with Crippen molar-refractivity contribution in [2.75, 3.05) is 29.9 Å². The van der Waals surface area contributed by atoms with Crippen LogP contribution in [0.25, 0.3) is 11.2 Å². The Hall–Kier alpha value is -4.39. The lowest BCUT2D eigenvalue weighted by molar-refractivity contribution is -0.208. The van der Waals surface area contributed by atoms with Crippen molar-refractivity contribution in [3.63, 3.8) is 0 Å².